The summed E-state index contributed by atoms with van der Waals surface area (Å²) in [5, 5.41) is 1.86. The van der Waals surface area contributed by atoms with Crippen LogP contribution in [0.5, 0.6) is 0 Å². The van der Waals surface area contributed by atoms with Crippen molar-refractivity contribution in [2.45, 2.75) is 0 Å². The van der Waals surface area contributed by atoms with Crippen LogP contribution in [-0.4, -0.2) is 24.9 Å². The van der Waals surface area contributed by atoms with Crippen LogP contribution in [0.15, 0.2) is 173 Å². The number of hydrogen-bond donors (Lipinski definition) is 0. The molecular formula is C49H31N5O2. The minimum atomic E-state index is 0.573. The molecule has 0 bridgehead atoms. The lowest BCUT2D eigenvalue weighted by Gasteiger charge is -2.08. The maximum Gasteiger partial charge on any atom is 0.180 e. The van der Waals surface area contributed by atoms with E-state index in [4.69, 9.17) is 33.8 Å². The molecule has 10 aromatic rings. The van der Waals surface area contributed by atoms with E-state index in [-0.39, 0.29) is 0 Å². The lowest BCUT2D eigenvalue weighted by molar-refractivity contribution is 0.604. The average molecular weight is 722 g/mol. The Labute approximate surface area is 322 Å². The number of rotatable bonds is 8. The molecule has 0 N–H and O–H groups in total. The van der Waals surface area contributed by atoms with E-state index in [2.05, 4.69) is 24.8 Å². The first-order valence-corrected chi connectivity index (χ1v) is 18.3. The SMILES string of the molecule is C=Cc1c(/C=C/c2cccc(-c3nc(-c4ccccc4)nc4c3oc3ccccc34)c2)oc2ccc(-c3nc(-c4ccccc4)nc(-c4ccccc4)n3)cc12. The Kier molecular flexibility index (Phi) is 8.15. The number of aromatic nitrogens is 5. The van der Waals surface area contributed by atoms with E-state index in [1.165, 1.54) is 0 Å². The third-order valence-electron chi connectivity index (χ3n) is 9.76. The third-order valence-corrected chi connectivity index (χ3v) is 9.76. The molecule has 0 spiro atoms. The monoisotopic (exact) mass is 721 g/mol. The van der Waals surface area contributed by atoms with Crippen LogP contribution in [0.2, 0.25) is 0 Å². The summed E-state index contributed by atoms with van der Waals surface area (Å²) in [5.41, 5.74) is 10.0. The Morgan fingerprint density at radius 3 is 1.66 bits per heavy atom. The molecule has 4 aromatic heterocycles. The molecule has 7 heteroatoms. The molecule has 0 amide bonds. The Balaban J connectivity index is 1.03. The van der Waals surface area contributed by atoms with Crippen LogP contribution in [0.1, 0.15) is 16.9 Å². The second-order valence-electron chi connectivity index (χ2n) is 13.3. The van der Waals surface area contributed by atoms with Crippen LogP contribution >= 0.6 is 0 Å². The molecule has 7 nitrogen and oxygen atoms in total. The highest BCUT2D eigenvalue weighted by Gasteiger charge is 2.19. The lowest BCUT2D eigenvalue weighted by atomic mass is 10.0. The van der Waals surface area contributed by atoms with Crippen molar-refractivity contribution in [2.24, 2.45) is 0 Å². The van der Waals surface area contributed by atoms with Crippen molar-refractivity contribution in [3.63, 3.8) is 0 Å². The fraction of sp³-hybridized carbons (Fsp3) is 0. The van der Waals surface area contributed by atoms with Gasteiger partial charge in [0.1, 0.15) is 28.1 Å². The molecule has 264 valence electrons. The average Bonchev–Trinajstić information content (AvgIpc) is 3.83. The predicted molar refractivity (Wildman–Crippen MR) is 225 cm³/mol. The largest absolute Gasteiger partial charge is 0.456 e. The topological polar surface area (TPSA) is 90.7 Å². The molecule has 0 radical (unpaired) electrons. The first-order valence-electron chi connectivity index (χ1n) is 18.3. The highest BCUT2D eigenvalue weighted by molar-refractivity contribution is 6.07. The van der Waals surface area contributed by atoms with E-state index in [1.54, 1.807) is 0 Å². The summed E-state index contributed by atoms with van der Waals surface area (Å²) in [5.74, 6) is 3.12. The van der Waals surface area contributed by atoms with E-state index in [0.29, 0.717) is 34.6 Å². The van der Waals surface area contributed by atoms with Crippen LogP contribution in [-0.2, 0) is 0 Å². The van der Waals surface area contributed by atoms with Crippen molar-refractivity contribution in [3.8, 4) is 56.8 Å². The smallest absolute Gasteiger partial charge is 0.180 e. The zero-order chi connectivity index (χ0) is 37.4. The first-order chi connectivity index (χ1) is 27.7. The summed E-state index contributed by atoms with van der Waals surface area (Å²) in [6, 6.07) is 52.1. The van der Waals surface area contributed by atoms with E-state index in [0.717, 1.165) is 72.1 Å². The fourth-order valence-electron chi connectivity index (χ4n) is 7.01. The van der Waals surface area contributed by atoms with Gasteiger partial charge in [0.15, 0.2) is 28.9 Å². The van der Waals surface area contributed by atoms with Crippen molar-refractivity contribution in [1.82, 2.24) is 24.9 Å². The van der Waals surface area contributed by atoms with E-state index in [1.807, 2.05) is 158 Å². The molecule has 0 aliphatic heterocycles. The van der Waals surface area contributed by atoms with Gasteiger partial charge in [0.25, 0.3) is 0 Å². The summed E-state index contributed by atoms with van der Waals surface area (Å²) < 4.78 is 12.8. The molecule has 0 saturated carbocycles. The molecule has 0 saturated heterocycles. The van der Waals surface area contributed by atoms with Crippen LogP contribution in [0.4, 0.5) is 0 Å². The molecule has 0 aliphatic rings. The molecule has 0 unspecified atom stereocenters. The van der Waals surface area contributed by atoms with Crippen molar-refractivity contribution in [1.29, 1.82) is 0 Å². The van der Waals surface area contributed by atoms with Crippen molar-refractivity contribution < 1.29 is 8.83 Å². The van der Waals surface area contributed by atoms with Crippen LogP contribution < -0.4 is 0 Å². The summed E-state index contributed by atoms with van der Waals surface area (Å²) >= 11 is 0. The van der Waals surface area contributed by atoms with Crippen LogP contribution in [0, 0.1) is 0 Å². The molecule has 0 aliphatic carbocycles. The second-order valence-corrected chi connectivity index (χ2v) is 13.3. The summed E-state index contributed by atoms with van der Waals surface area (Å²) in [7, 11) is 0. The van der Waals surface area contributed by atoms with E-state index in [9.17, 15) is 0 Å². The lowest BCUT2D eigenvalue weighted by Crippen LogP contribution is -2.00. The molecule has 10 rings (SSSR count). The highest BCUT2D eigenvalue weighted by atomic mass is 16.3. The minimum absolute atomic E-state index is 0.573. The Hall–Kier alpha value is -7.77. The van der Waals surface area contributed by atoms with E-state index < -0.39 is 0 Å². The molecule has 6 aromatic carbocycles. The maximum atomic E-state index is 6.41. The maximum absolute atomic E-state index is 6.41. The van der Waals surface area contributed by atoms with Gasteiger partial charge in [-0.25, -0.2) is 24.9 Å². The summed E-state index contributed by atoms with van der Waals surface area (Å²) in [4.78, 5) is 24.7. The number of benzene rings is 6. The van der Waals surface area contributed by atoms with Gasteiger partial charge in [-0.2, -0.15) is 0 Å². The molecule has 56 heavy (non-hydrogen) atoms. The van der Waals surface area contributed by atoms with Crippen molar-refractivity contribution in [2.75, 3.05) is 0 Å². The van der Waals surface area contributed by atoms with Gasteiger partial charge in [-0.15, -0.1) is 0 Å². The predicted octanol–water partition coefficient (Wildman–Crippen LogP) is 12.5. The number of hydrogen-bond acceptors (Lipinski definition) is 7. The number of furan rings is 2. The standard InChI is InChI=1S/C49H31N5O2/c1-2-37-39-30-36(49-53-47(33-18-8-4-9-19-33)52-48(54-49)34-20-10-5-11-21-34)26-28-42(39)55-41(37)27-25-31-15-14-22-35(29-31)43-45-44(38-23-12-13-24-40(38)56-45)51-46(50-43)32-16-6-3-7-17-32/h2-30H,1H2/b27-25+. The fourth-order valence-corrected chi connectivity index (χ4v) is 7.01. The van der Waals surface area contributed by atoms with Gasteiger partial charge in [-0.1, -0.05) is 140 Å². The number of nitrogens with zero attached hydrogens (tertiary/aromatic N) is 5. The van der Waals surface area contributed by atoms with Crippen LogP contribution in [0.25, 0.3) is 108 Å². The minimum Gasteiger partial charge on any atom is -0.456 e. The van der Waals surface area contributed by atoms with Gasteiger partial charge in [0.05, 0.1) is 0 Å². The molecule has 0 fully saturated rings. The molecular weight excluding hydrogens is 691 g/mol. The quantitative estimate of drug-likeness (QED) is 0.154. The molecule has 4 heterocycles. The van der Waals surface area contributed by atoms with E-state index >= 15 is 0 Å². The third kappa shape index (κ3) is 6.03. The van der Waals surface area contributed by atoms with Gasteiger partial charge in [-0.3, -0.25) is 0 Å². The van der Waals surface area contributed by atoms with Crippen molar-refractivity contribution >= 4 is 51.3 Å². The second kappa shape index (κ2) is 13.9. The zero-order valence-electron chi connectivity index (χ0n) is 30.0. The number of para-hydroxylation sites is 1. The Morgan fingerprint density at radius 2 is 1.00 bits per heavy atom. The highest BCUT2D eigenvalue weighted by Crippen LogP contribution is 2.37. The van der Waals surface area contributed by atoms with Gasteiger partial charge in [0, 0.05) is 44.2 Å². The normalized spacial score (nSPS) is 11.6. The van der Waals surface area contributed by atoms with Crippen molar-refractivity contribution in [3.05, 3.63) is 181 Å². The summed E-state index contributed by atoms with van der Waals surface area (Å²) in [6.07, 6.45) is 5.84. The Morgan fingerprint density at radius 1 is 0.429 bits per heavy atom. The zero-order valence-corrected chi connectivity index (χ0v) is 30.0. The van der Waals surface area contributed by atoms with Gasteiger partial charge in [-0.05, 0) is 48.0 Å². The van der Waals surface area contributed by atoms with Gasteiger partial charge < -0.3 is 8.83 Å². The van der Waals surface area contributed by atoms with Gasteiger partial charge in [0.2, 0.25) is 0 Å². The summed E-state index contributed by atoms with van der Waals surface area (Å²) in [6.45, 7) is 4.15. The first kappa shape index (κ1) is 32.8. The Bertz CT molecular complexity index is 3040. The van der Waals surface area contributed by atoms with Crippen LogP contribution in [0.3, 0.4) is 0 Å². The van der Waals surface area contributed by atoms with Gasteiger partial charge >= 0.3 is 0 Å². The number of fused-ring (bicyclic) bond motifs is 4. The molecule has 0 atom stereocenters.